The SMILES string of the molecule is CC(C)NC(=O)CCNCC(O)c1ccccc1Cl. The molecule has 3 N–H and O–H groups in total. The quantitative estimate of drug-likeness (QED) is 0.670. The zero-order chi connectivity index (χ0) is 14.3. The van der Waals surface area contributed by atoms with E-state index < -0.39 is 6.10 Å². The zero-order valence-corrected chi connectivity index (χ0v) is 12.1. The summed E-state index contributed by atoms with van der Waals surface area (Å²) in [4.78, 5) is 11.4. The fourth-order valence-electron chi connectivity index (χ4n) is 1.69. The number of aliphatic hydroxyl groups is 1. The Kier molecular flexibility index (Phi) is 6.84. The Balaban J connectivity index is 2.26. The number of aliphatic hydroxyl groups excluding tert-OH is 1. The molecule has 0 radical (unpaired) electrons. The molecule has 0 aromatic heterocycles. The molecular weight excluding hydrogens is 264 g/mol. The van der Waals surface area contributed by atoms with Crippen molar-refractivity contribution in [3.05, 3.63) is 34.9 Å². The van der Waals surface area contributed by atoms with Gasteiger partial charge in [0.25, 0.3) is 0 Å². The molecule has 0 fully saturated rings. The standard InChI is InChI=1S/C14H21ClN2O2/c1-10(2)17-14(19)7-8-16-9-13(18)11-5-3-4-6-12(11)15/h3-6,10,13,16,18H,7-9H2,1-2H3,(H,17,19). The Morgan fingerprint density at radius 1 is 1.37 bits per heavy atom. The van der Waals surface area contributed by atoms with E-state index in [0.717, 1.165) is 0 Å². The van der Waals surface area contributed by atoms with Crippen LogP contribution in [0.3, 0.4) is 0 Å². The summed E-state index contributed by atoms with van der Waals surface area (Å²) >= 11 is 5.99. The number of halogens is 1. The number of hydrogen-bond acceptors (Lipinski definition) is 3. The van der Waals surface area contributed by atoms with Crippen LogP contribution in [0.15, 0.2) is 24.3 Å². The van der Waals surface area contributed by atoms with E-state index >= 15 is 0 Å². The first-order valence-electron chi connectivity index (χ1n) is 6.43. The van der Waals surface area contributed by atoms with Crippen molar-refractivity contribution in [2.45, 2.75) is 32.4 Å². The van der Waals surface area contributed by atoms with Crippen molar-refractivity contribution in [1.82, 2.24) is 10.6 Å². The summed E-state index contributed by atoms with van der Waals surface area (Å²) in [5.41, 5.74) is 0.697. The lowest BCUT2D eigenvalue weighted by atomic mass is 10.1. The number of carbonyl (C=O) groups excluding carboxylic acids is 1. The van der Waals surface area contributed by atoms with Crippen molar-refractivity contribution in [3.63, 3.8) is 0 Å². The third-order valence-corrected chi connectivity index (χ3v) is 2.92. The molecule has 0 aliphatic heterocycles. The zero-order valence-electron chi connectivity index (χ0n) is 11.3. The second-order valence-corrected chi connectivity index (χ2v) is 5.12. The summed E-state index contributed by atoms with van der Waals surface area (Å²) in [6.07, 6.45) is -0.269. The van der Waals surface area contributed by atoms with E-state index in [0.29, 0.717) is 30.1 Å². The van der Waals surface area contributed by atoms with Gasteiger partial charge in [-0.2, -0.15) is 0 Å². The molecule has 0 spiro atoms. The van der Waals surface area contributed by atoms with Gasteiger partial charge in [0.05, 0.1) is 6.10 Å². The van der Waals surface area contributed by atoms with Gasteiger partial charge >= 0.3 is 0 Å². The van der Waals surface area contributed by atoms with Gasteiger partial charge in [0.2, 0.25) is 5.91 Å². The number of carbonyl (C=O) groups is 1. The van der Waals surface area contributed by atoms with Crippen LogP contribution in [0.4, 0.5) is 0 Å². The summed E-state index contributed by atoms with van der Waals surface area (Å²) in [5.74, 6) is 0.00901. The first-order valence-corrected chi connectivity index (χ1v) is 6.81. The molecule has 4 nitrogen and oxygen atoms in total. The molecule has 0 aliphatic rings. The maximum atomic E-state index is 11.4. The van der Waals surface area contributed by atoms with Gasteiger partial charge in [-0.25, -0.2) is 0 Å². The second kappa shape index (κ2) is 8.15. The summed E-state index contributed by atoms with van der Waals surface area (Å²) in [6.45, 7) is 4.75. The molecule has 1 aromatic rings. The lowest BCUT2D eigenvalue weighted by Gasteiger charge is -2.14. The maximum Gasteiger partial charge on any atom is 0.221 e. The van der Waals surface area contributed by atoms with E-state index in [1.807, 2.05) is 26.0 Å². The Bertz CT molecular complexity index is 410. The molecule has 0 saturated carbocycles. The largest absolute Gasteiger partial charge is 0.387 e. The average Bonchev–Trinajstić information content (AvgIpc) is 2.34. The van der Waals surface area contributed by atoms with Crippen LogP contribution in [0.2, 0.25) is 5.02 Å². The van der Waals surface area contributed by atoms with Crippen molar-refractivity contribution in [2.24, 2.45) is 0 Å². The summed E-state index contributed by atoms with van der Waals surface area (Å²) in [5, 5.41) is 16.4. The van der Waals surface area contributed by atoms with E-state index in [1.165, 1.54) is 0 Å². The van der Waals surface area contributed by atoms with Crippen molar-refractivity contribution in [1.29, 1.82) is 0 Å². The Labute approximate surface area is 119 Å². The van der Waals surface area contributed by atoms with Gasteiger partial charge in [0.1, 0.15) is 0 Å². The van der Waals surface area contributed by atoms with Crippen molar-refractivity contribution >= 4 is 17.5 Å². The van der Waals surface area contributed by atoms with Crippen LogP contribution in [0, 0.1) is 0 Å². The van der Waals surface area contributed by atoms with E-state index in [2.05, 4.69) is 10.6 Å². The topological polar surface area (TPSA) is 61.4 Å². The van der Waals surface area contributed by atoms with Crippen molar-refractivity contribution in [2.75, 3.05) is 13.1 Å². The van der Waals surface area contributed by atoms with Gasteiger partial charge in [-0.05, 0) is 19.9 Å². The number of amides is 1. The Hall–Kier alpha value is -1.10. The molecule has 5 heteroatoms. The molecule has 0 heterocycles. The predicted molar refractivity (Wildman–Crippen MR) is 77.2 cm³/mol. The second-order valence-electron chi connectivity index (χ2n) is 4.71. The van der Waals surface area contributed by atoms with Crippen LogP contribution in [-0.4, -0.2) is 30.1 Å². The normalized spacial score (nSPS) is 12.5. The number of rotatable bonds is 7. The Morgan fingerprint density at radius 3 is 2.68 bits per heavy atom. The van der Waals surface area contributed by atoms with Gasteiger partial charge in [-0.3, -0.25) is 4.79 Å². The van der Waals surface area contributed by atoms with Crippen molar-refractivity contribution < 1.29 is 9.90 Å². The monoisotopic (exact) mass is 284 g/mol. The number of hydrogen-bond donors (Lipinski definition) is 3. The molecule has 0 saturated heterocycles. The third kappa shape index (κ3) is 6.05. The molecular formula is C14H21ClN2O2. The first kappa shape index (κ1) is 16.0. The van der Waals surface area contributed by atoms with Crippen LogP contribution in [-0.2, 0) is 4.79 Å². The fourth-order valence-corrected chi connectivity index (χ4v) is 1.95. The highest BCUT2D eigenvalue weighted by atomic mass is 35.5. The number of benzene rings is 1. The van der Waals surface area contributed by atoms with Gasteiger partial charge < -0.3 is 15.7 Å². The van der Waals surface area contributed by atoms with E-state index in [9.17, 15) is 9.90 Å². The summed E-state index contributed by atoms with van der Waals surface area (Å²) in [6, 6.07) is 7.35. The molecule has 0 bridgehead atoms. The van der Waals surface area contributed by atoms with Crippen molar-refractivity contribution in [3.8, 4) is 0 Å². The van der Waals surface area contributed by atoms with Crippen LogP contribution < -0.4 is 10.6 Å². The highest BCUT2D eigenvalue weighted by Crippen LogP contribution is 2.21. The minimum atomic E-state index is -0.665. The molecule has 19 heavy (non-hydrogen) atoms. The van der Waals surface area contributed by atoms with Gasteiger partial charge in [0, 0.05) is 36.1 Å². The lowest BCUT2D eigenvalue weighted by Crippen LogP contribution is -2.33. The van der Waals surface area contributed by atoms with Crippen LogP contribution in [0.5, 0.6) is 0 Å². The molecule has 1 rings (SSSR count). The minimum absolute atomic E-state index is 0.00901. The predicted octanol–water partition coefficient (Wildman–Crippen LogP) is 1.88. The first-order chi connectivity index (χ1) is 9.00. The van der Waals surface area contributed by atoms with Gasteiger partial charge in [-0.15, -0.1) is 0 Å². The maximum absolute atomic E-state index is 11.4. The van der Waals surface area contributed by atoms with Gasteiger partial charge in [-0.1, -0.05) is 29.8 Å². The van der Waals surface area contributed by atoms with Crippen LogP contribution in [0.25, 0.3) is 0 Å². The van der Waals surface area contributed by atoms with Gasteiger partial charge in [0.15, 0.2) is 0 Å². The molecule has 1 atom stereocenters. The lowest BCUT2D eigenvalue weighted by molar-refractivity contribution is -0.121. The molecule has 1 aromatic carbocycles. The third-order valence-electron chi connectivity index (χ3n) is 2.58. The smallest absolute Gasteiger partial charge is 0.221 e. The highest BCUT2D eigenvalue weighted by Gasteiger charge is 2.10. The highest BCUT2D eigenvalue weighted by molar-refractivity contribution is 6.31. The Morgan fingerprint density at radius 2 is 2.05 bits per heavy atom. The van der Waals surface area contributed by atoms with Crippen LogP contribution in [0.1, 0.15) is 31.9 Å². The van der Waals surface area contributed by atoms with E-state index in [1.54, 1.807) is 12.1 Å². The minimum Gasteiger partial charge on any atom is -0.387 e. The molecule has 0 aliphatic carbocycles. The fraction of sp³-hybridized carbons (Fsp3) is 0.500. The average molecular weight is 285 g/mol. The van der Waals surface area contributed by atoms with Crippen LogP contribution >= 0.6 is 11.6 Å². The summed E-state index contributed by atoms with van der Waals surface area (Å²) < 4.78 is 0. The molecule has 106 valence electrons. The van der Waals surface area contributed by atoms with E-state index in [-0.39, 0.29) is 11.9 Å². The molecule has 1 amide bonds. The molecule has 1 unspecified atom stereocenters. The van der Waals surface area contributed by atoms with E-state index in [4.69, 9.17) is 11.6 Å². The summed E-state index contributed by atoms with van der Waals surface area (Å²) in [7, 11) is 0. The number of nitrogens with one attached hydrogen (secondary N) is 2.